The summed E-state index contributed by atoms with van der Waals surface area (Å²) >= 11 is 0. The van der Waals surface area contributed by atoms with E-state index in [0.29, 0.717) is 12.1 Å². The largest absolute Gasteiger partial charge is 0.379 e. The molecule has 0 saturated carbocycles. The summed E-state index contributed by atoms with van der Waals surface area (Å²) in [5.74, 6) is 0. The van der Waals surface area contributed by atoms with E-state index < -0.39 is 0 Å². The highest BCUT2D eigenvalue weighted by molar-refractivity contribution is 5.53. The van der Waals surface area contributed by atoms with Crippen LogP contribution in [-0.4, -0.2) is 40.4 Å². The Morgan fingerprint density at radius 3 is 2.60 bits per heavy atom. The van der Waals surface area contributed by atoms with Crippen LogP contribution in [0.2, 0.25) is 0 Å². The summed E-state index contributed by atoms with van der Waals surface area (Å²) in [6.45, 7) is 14.6. The molecule has 1 saturated heterocycles. The van der Waals surface area contributed by atoms with E-state index in [1.807, 2.05) is 0 Å². The molecule has 1 aromatic heterocycles. The molecule has 4 heteroatoms. The first-order chi connectivity index (χ1) is 9.52. The van der Waals surface area contributed by atoms with Crippen molar-refractivity contribution in [2.45, 2.75) is 66.0 Å². The van der Waals surface area contributed by atoms with Gasteiger partial charge in [-0.1, -0.05) is 6.92 Å². The van der Waals surface area contributed by atoms with Crippen LogP contribution in [0.1, 0.15) is 57.5 Å². The van der Waals surface area contributed by atoms with Gasteiger partial charge in [0, 0.05) is 18.6 Å². The third-order valence-electron chi connectivity index (χ3n) is 4.43. The van der Waals surface area contributed by atoms with E-state index in [0.717, 1.165) is 5.69 Å². The number of nitrogens with one attached hydrogen (secondary N) is 1. The standard InChI is InChI=1S/C16H30N4/c1-6-19-10-7-8-15(9-11-19)17-16-13(4)18-20(12(2)3)14(16)5/h12,15,17H,6-11H2,1-5H3. The van der Waals surface area contributed by atoms with Gasteiger partial charge in [-0.2, -0.15) is 5.10 Å². The van der Waals surface area contributed by atoms with Crippen molar-refractivity contribution in [3.63, 3.8) is 0 Å². The van der Waals surface area contributed by atoms with E-state index >= 15 is 0 Å². The Morgan fingerprint density at radius 2 is 2.00 bits per heavy atom. The van der Waals surface area contributed by atoms with E-state index in [2.05, 4.69) is 54.6 Å². The Morgan fingerprint density at radius 1 is 1.25 bits per heavy atom. The molecular formula is C16H30N4. The van der Waals surface area contributed by atoms with Crippen molar-refractivity contribution in [3.05, 3.63) is 11.4 Å². The number of rotatable bonds is 4. The lowest BCUT2D eigenvalue weighted by atomic mass is 10.1. The second-order valence-corrected chi connectivity index (χ2v) is 6.29. The molecule has 0 spiro atoms. The number of aromatic nitrogens is 2. The van der Waals surface area contributed by atoms with Crippen molar-refractivity contribution in [1.29, 1.82) is 0 Å². The van der Waals surface area contributed by atoms with Crippen LogP contribution in [0.4, 0.5) is 5.69 Å². The number of likely N-dealkylation sites (tertiary alicyclic amines) is 1. The van der Waals surface area contributed by atoms with Crippen LogP contribution < -0.4 is 5.32 Å². The number of nitrogens with zero attached hydrogens (tertiary/aromatic N) is 3. The molecule has 0 bridgehead atoms. The maximum atomic E-state index is 4.67. The first-order valence-corrected chi connectivity index (χ1v) is 8.07. The van der Waals surface area contributed by atoms with Crippen LogP contribution in [0.25, 0.3) is 0 Å². The van der Waals surface area contributed by atoms with Crippen molar-refractivity contribution < 1.29 is 0 Å². The molecule has 114 valence electrons. The number of anilines is 1. The second kappa shape index (κ2) is 6.61. The molecule has 4 nitrogen and oxygen atoms in total. The van der Waals surface area contributed by atoms with Gasteiger partial charge in [0.05, 0.1) is 17.1 Å². The fourth-order valence-corrected chi connectivity index (χ4v) is 3.20. The highest BCUT2D eigenvalue weighted by Gasteiger charge is 2.19. The quantitative estimate of drug-likeness (QED) is 0.916. The van der Waals surface area contributed by atoms with Gasteiger partial charge in [-0.15, -0.1) is 0 Å². The summed E-state index contributed by atoms with van der Waals surface area (Å²) in [6, 6.07) is 1.02. The lowest BCUT2D eigenvalue weighted by Gasteiger charge is -2.19. The topological polar surface area (TPSA) is 33.1 Å². The molecule has 0 amide bonds. The molecule has 1 aliphatic rings. The van der Waals surface area contributed by atoms with E-state index in [9.17, 15) is 0 Å². The van der Waals surface area contributed by atoms with E-state index in [1.165, 1.54) is 50.3 Å². The summed E-state index contributed by atoms with van der Waals surface area (Å²) in [6.07, 6.45) is 3.80. The van der Waals surface area contributed by atoms with Crippen molar-refractivity contribution >= 4 is 5.69 Å². The molecule has 1 fully saturated rings. The predicted octanol–water partition coefficient (Wildman–Crippen LogP) is 3.37. The van der Waals surface area contributed by atoms with Gasteiger partial charge in [0.25, 0.3) is 0 Å². The van der Waals surface area contributed by atoms with E-state index in [4.69, 9.17) is 0 Å². The van der Waals surface area contributed by atoms with Crippen LogP contribution >= 0.6 is 0 Å². The first kappa shape index (κ1) is 15.4. The third kappa shape index (κ3) is 3.35. The van der Waals surface area contributed by atoms with Crippen LogP contribution in [0.3, 0.4) is 0 Å². The van der Waals surface area contributed by atoms with Crippen LogP contribution in [-0.2, 0) is 0 Å². The van der Waals surface area contributed by atoms with Crippen LogP contribution in [0.15, 0.2) is 0 Å². The third-order valence-corrected chi connectivity index (χ3v) is 4.43. The van der Waals surface area contributed by atoms with E-state index in [1.54, 1.807) is 0 Å². The summed E-state index contributed by atoms with van der Waals surface area (Å²) in [4.78, 5) is 2.55. The molecule has 1 unspecified atom stereocenters. The zero-order chi connectivity index (χ0) is 14.7. The van der Waals surface area contributed by atoms with Crippen LogP contribution in [0, 0.1) is 13.8 Å². The fraction of sp³-hybridized carbons (Fsp3) is 0.812. The predicted molar refractivity (Wildman–Crippen MR) is 85.5 cm³/mol. The van der Waals surface area contributed by atoms with Gasteiger partial charge in [-0.05, 0) is 60.0 Å². The van der Waals surface area contributed by atoms with Crippen molar-refractivity contribution in [2.24, 2.45) is 0 Å². The van der Waals surface area contributed by atoms with Gasteiger partial charge >= 0.3 is 0 Å². The normalized spacial score (nSPS) is 21.2. The molecule has 1 N–H and O–H groups in total. The Balaban J connectivity index is 2.06. The van der Waals surface area contributed by atoms with Crippen molar-refractivity contribution in [3.8, 4) is 0 Å². The summed E-state index contributed by atoms with van der Waals surface area (Å²) < 4.78 is 2.13. The maximum absolute atomic E-state index is 4.67. The molecule has 1 aliphatic heterocycles. The Kier molecular flexibility index (Phi) is 5.08. The van der Waals surface area contributed by atoms with Crippen molar-refractivity contribution in [2.75, 3.05) is 25.0 Å². The molecule has 1 aromatic rings. The monoisotopic (exact) mass is 278 g/mol. The minimum Gasteiger partial charge on any atom is -0.379 e. The minimum atomic E-state index is 0.425. The Bertz CT molecular complexity index is 436. The minimum absolute atomic E-state index is 0.425. The average molecular weight is 278 g/mol. The molecule has 1 atom stereocenters. The molecular weight excluding hydrogens is 248 g/mol. The molecule has 2 rings (SSSR count). The lowest BCUT2D eigenvalue weighted by Crippen LogP contribution is -2.26. The van der Waals surface area contributed by atoms with Gasteiger partial charge in [-0.3, -0.25) is 4.68 Å². The van der Waals surface area contributed by atoms with Gasteiger partial charge in [0.15, 0.2) is 0 Å². The van der Waals surface area contributed by atoms with E-state index in [-0.39, 0.29) is 0 Å². The zero-order valence-electron chi connectivity index (χ0n) is 13.7. The lowest BCUT2D eigenvalue weighted by molar-refractivity contribution is 0.300. The Hall–Kier alpha value is -1.03. The van der Waals surface area contributed by atoms with Gasteiger partial charge in [0.2, 0.25) is 0 Å². The van der Waals surface area contributed by atoms with Gasteiger partial charge in [0.1, 0.15) is 0 Å². The summed E-state index contributed by atoms with van der Waals surface area (Å²) in [7, 11) is 0. The van der Waals surface area contributed by atoms with Crippen LogP contribution in [0.5, 0.6) is 0 Å². The Labute approximate surface area is 123 Å². The number of aryl methyl sites for hydroxylation is 1. The number of hydrogen-bond donors (Lipinski definition) is 1. The maximum Gasteiger partial charge on any atom is 0.0828 e. The summed E-state index contributed by atoms with van der Waals surface area (Å²) in [5, 5.41) is 8.44. The fourth-order valence-electron chi connectivity index (χ4n) is 3.20. The average Bonchev–Trinajstić information content (AvgIpc) is 2.60. The van der Waals surface area contributed by atoms with Crippen molar-refractivity contribution in [1.82, 2.24) is 14.7 Å². The molecule has 0 aliphatic carbocycles. The first-order valence-electron chi connectivity index (χ1n) is 8.07. The molecule has 0 radical (unpaired) electrons. The molecule has 0 aromatic carbocycles. The summed E-state index contributed by atoms with van der Waals surface area (Å²) in [5.41, 5.74) is 3.66. The number of hydrogen-bond acceptors (Lipinski definition) is 3. The zero-order valence-corrected chi connectivity index (χ0v) is 13.7. The van der Waals surface area contributed by atoms with Gasteiger partial charge < -0.3 is 10.2 Å². The highest BCUT2D eigenvalue weighted by atomic mass is 15.3. The van der Waals surface area contributed by atoms with Gasteiger partial charge in [-0.25, -0.2) is 0 Å². The smallest absolute Gasteiger partial charge is 0.0828 e. The second-order valence-electron chi connectivity index (χ2n) is 6.29. The SMILES string of the molecule is CCN1CCCC(Nc2c(C)nn(C(C)C)c2C)CC1. The molecule has 20 heavy (non-hydrogen) atoms. The highest BCUT2D eigenvalue weighted by Crippen LogP contribution is 2.25. The molecule has 2 heterocycles.